The Bertz CT molecular complexity index is 551. The molecule has 1 aromatic carbocycles. The number of aromatic amines is 1. The van der Waals surface area contributed by atoms with E-state index in [0.29, 0.717) is 6.54 Å². The van der Waals surface area contributed by atoms with Crippen LogP contribution in [0.2, 0.25) is 0 Å². The maximum atomic E-state index is 12.3. The van der Waals surface area contributed by atoms with Gasteiger partial charge >= 0.3 is 0 Å². The van der Waals surface area contributed by atoms with E-state index in [1.54, 1.807) is 24.3 Å². The van der Waals surface area contributed by atoms with Gasteiger partial charge in [0.1, 0.15) is 0 Å². The van der Waals surface area contributed by atoms with E-state index in [4.69, 9.17) is 0 Å². The highest BCUT2D eigenvalue weighted by Crippen LogP contribution is 2.17. The van der Waals surface area contributed by atoms with E-state index in [2.05, 4.69) is 26.1 Å². The standard InChI is InChI=1S/C13H14BrN3O/c1-9-5-11(14)3-4-12(9)13(18)17(2)8-10-6-15-16-7-10/h3-7H,8H2,1-2H3,(H,15,16). The van der Waals surface area contributed by atoms with Crippen molar-refractivity contribution in [3.05, 3.63) is 51.8 Å². The van der Waals surface area contributed by atoms with Gasteiger partial charge in [-0.25, -0.2) is 0 Å². The van der Waals surface area contributed by atoms with E-state index in [1.807, 2.05) is 25.1 Å². The Morgan fingerprint density at radius 2 is 2.28 bits per heavy atom. The van der Waals surface area contributed by atoms with Crippen LogP contribution in [0.25, 0.3) is 0 Å². The van der Waals surface area contributed by atoms with Gasteiger partial charge in [-0.1, -0.05) is 15.9 Å². The fraction of sp³-hybridized carbons (Fsp3) is 0.231. The van der Waals surface area contributed by atoms with Crippen molar-refractivity contribution in [2.45, 2.75) is 13.5 Å². The largest absolute Gasteiger partial charge is 0.337 e. The lowest BCUT2D eigenvalue weighted by molar-refractivity contribution is 0.0784. The summed E-state index contributed by atoms with van der Waals surface area (Å²) >= 11 is 3.39. The summed E-state index contributed by atoms with van der Waals surface area (Å²) in [5.41, 5.74) is 2.68. The molecular weight excluding hydrogens is 294 g/mol. The van der Waals surface area contributed by atoms with Crippen LogP contribution in [0.15, 0.2) is 35.1 Å². The third-order valence-corrected chi connectivity index (χ3v) is 3.23. The summed E-state index contributed by atoms with van der Waals surface area (Å²) in [6.07, 6.45) is 3.51. The van der Waals surface area contributed by atoms with Crippen molar-refractivity contribution < 1.29 is 4.79 Å². The smallest absolute Gasteiger partial charge is 0.254 e. The Morgan fingerprint density at radius 3 is 2.89 bits per heavy atom. The van der Waals surface area contributed by atoms with Crippen molar-refractivity contribution in [3.8, 4) is 0 Å². The Kier molecular flexibility index (Phi) is 3.81. The number of aryl methyl sites for hydroxylation is 1. The van der Waals surface area contributed by atoms with Gasteiger partial charge in [-0.3, -0.25) is 9.89 Å². The lowest BCUT2D eigenvalue weighted by Gasteiger charge is -2.17. The maximum Gasteiger partial charge on any atom is 0.254 e. The van der Waals surface area contributed by atoms with Gasteiger partial charge in [0.05, 0.1) is 6.20 Å². The van der Waals surface area contributed by atoms with E-state index >= 15 is 0 Å². The number of hydrogen-bond donors (Lipinski definition) is 1. The third kappa shape index (κ3) is 2.79. The minimum Gasteiger partial charge on any atom is -0.337 e. The van der Waals surface area contributed by atoms with E-state index in [9.17, 15) is 4.79 Å². The zero-order chi connectivity index (χ0) is 13.1. The normalized spacial score (nSPS) is 10.4. The van der Waals surface area contributed by atoms with Crippen LogP contribution in [0.5, 0.6) is 0 Å². The molecule has 0 saturated heterocycles. The minimum absolute atomic E-state index is 0.0150. The molecule has 5 heteroatoms. The highest BCUT2D eigenvalue weighted by molar-refractivity contribution is 9.10. The van der Waals surface area contributed by atoms with E-state index in [0.717, 1.165) is 21.2 Å². The monoisotopic (exact) mass is 307 g/mol. The van der Waals surface area contributed by atoms with Crippen LogP contribution in [0, 0.1) is 6.92 Å². The summed E-state index contributed by atoms with van der Waals surface area (Å²) in [6, 6.07) is 5.67. The average Bonchev–Trinajstić information content (AvgIpc) is 2.81. The molecule has 18 heavy (non-hydrogen) atoms. The number of benzene rings is 1. The third-order valence-electron chi connectivity index (χ3n) is 2.74. The lowest BCUT2D eigenvalue weighted by Crippen LogP contribution is -2.26. The van der Waals surface area contributed by atoms with Crippen LogP contribution in [0.4, 0.5) is 0 Å². The Morgan fingerprint density at radius 1 is 1.50 bits per heavy atom. The molecule has 1 heterocycles. The quantitative estimate of drug-likeness (QED) is 0.948. The average molecular weight is 308 g/mol. The molecule has 4 nitrogen and oxygen atoms in total. The zero-order valence-corrected chi connectivity index (χ0v) is 11.9. The van der Waals surface area contributed by atoms with Gasteiger partial charge in [-0.05, 0) is 30.7 Å². The first kappa shape index (κ1) is 12.8. The second-order valence-corrected chi connectivity index (χ2v) is 5.14. The molecule has 0 aliphatic rings. The van der Waals surface area contributed by atoms with Crippen molar-refractivity contribution in [1.82, 2.24) is 15.1 Å². The molecule has 0 fully saturated rings. The van der Waals surface area contributed by atoms with Crippen molar-refractivity contribution in [1.29, 1.82) is 0 Å². The molecule has 0 saturated carbocycles. The molecule has 1 aromatic heterocycles. The first-order valence-corrected chi connectivity index (χ1v) is 6.36. The number of H-pyrrole nitrogens is 1. The molecule has 0 bridgehead atoms. The molecule has 2 rings (SSSR count). The Hall–Kier alpha value is -1.62. The summed E-state index contributed by atoms with van der Waals surface area (Å²) in [5, 5.41) is 6.61. The van der Waals surface area contributed by atoms with Crippen molar-refractivity contribution in [2.75, 3.05) is 7.05 Å². The van der Waals surface area contributed by atoms with Crippen LogP contribution in [-0.2, 0) is 6.54 Å². The van der Waals surface area contributed by atoms with Crippen molar-refractivity contribution in [3.63, 3.8) is 0 Å². The molecule has 0 aliphatic carbocycles. The number of amides is 1. The summed E-state index contributed by atoms with van der Waals surface area (Å²) in [7, 11) is 1.79. The molecule has 0 aliphatic heterocycles. The number of halogens is 1. The summed E-state index contributed by atoms with van der Waals surface area (Å²) < 4.78 is 0.981. The topological polar surface area (TPSA) is 49.0 Å². The molecular formula is C13H14BrN3O. The van der Waals surface area contributed by atoms with Crippen LogP contribution in [0.3, 0.4) is 0 Å². The highest BCUT2D eigenvalue weighted by atomic mass is 79.9. The number of aromatic nitrogens is 2. The molecule has 0 spiro atoms. The van der Waals surface area contributed by atoms with Gasteiger partial charge in [0.2, 0.25) is 0 Å². The second-order valence-electron chi connectivity index (χ2n) is 4.23. The van der Waals surface area contributed by atoms with Crippen LogP contribution < -0.4 is 0 Å². The summed E-state index contributed by atoms with van der Waals surface area (Å²) in [5.74, 6) is 0.0150. The molecule has 1 N–H and O–H groups in total. The number of hydrogen-bond acceptors (Lipinski definition) is 2. The predicted molar refractivity (Wildman–Crippen MR) is 73.3 cm³/mol. The van der Waals surface area contributed by atoms with Crippen molar-refractivity contribution in [2.24, 2.45) is 0 Å². The fourth-order valence-corrected chi connectivity index (χ4v) is 2.26. The van der Waals surface area contributed by atoms with Crippen LogP contribution >= 0.6 is 15.9 Å². The van der Waals surface area contributed by atoms with Gasteiger partial charge < -0.3 is 4.90 Å². The van der Waals surface area contributed by atoms with Gasteiger partial charge in [0.15, 0.2) is 0 Å². The molecule has 0 radical (unpaired) electrons. The van der Waals surface area contributed by atoms with Gasteiger partial charge in [-0.2, -0.15) is 5.10 Å². The Labute approximate surface area is 114 Å². The summed E-state index contributed by atoms with van der Waals surface area (Å²) in [4.78, 5) is 14.0. The van der Waals surface area contributed by atoms with Gasteiger partial charge in [-0.15, -0.1) is 0 Å². The van der Waals surface area contributed by atoms with E-state index in [1.165, 1.54) is 0 Å². The van der Waals surface area contributed by atoms with Gasteiger partial charge in [0, 0.05) is 35.4 Å². The van der Waals surface area contributed by atoms with E-state index in [-0.39, 0.29) is 5.91 Å². The first-order valence-electron chi connectivity index (χ1n) is 5.57. The number of nitrogens with one attached hydrogen (secondary N) is 1. The van der Waals surface area contributed by atoms with Crippen LogP contribution in [0.1, 0.15) is 21.5 Å². The SMILES string of the molecule is Cc1cc(Br)ccc1C(=O)N(C)Cc1cn[nH]c1. The number of carbonyl (C=O) groups is 1. The predicted octanol–water partition coefficient (Wildman–Crippen LogP) is 2.75. The highest BCUT2D eigenvalue weighted by Gasteiger charge is 2.14. The van der Waals surface area contributed by atoms with E-state index < -0.39 is 0 Å². The molecule has 1 amide bonds. The number of carbonyl (C=O) groups excluding carboxylic acids is 1. The molecule has 0 atom stereocenters. The second kappa shape index (κ2) is 5.35. The number of nitrogens with zero attached hydrogens (tertiary/aromatic N) is 2. The lowest BCUT2D eigenvalue weighted by atomic mass is 10.1. The number of rotatable bonds is 3. The first-order chi connectivity index (χ1) is 8.58. The van der Waals surface area contributed by atoms with Gasteiger partial charge in [0.25, 0.3) is 5.91 Å². The minimum atomic E-state index is 0.0150. The van der Waals surface area contributed by atoms with Crippen molar-refractivity contribution >= 4 is 21.8 Å². The maximum absolute atomic E-state index is 12.3. The molecule has 2 aromatic rings. The molecule has 0 unspecified atom stereocenters. The zero-order valence-electron chi connectivity index (χ0n) is 10.3. The van der Waals surface area contributed by atoms with Crippen LogP contribution in [-0.4, -0.2) is 28.1 Å². The Balaban J connectivity index is 2.15. The summed E-state index contributed by atoms with van der Waals surface area (Å²) in [6.45, 7) is 2.48. The molecule has 94 valence electrons. The fourth-order valence-electron chi connectivity index (χ4n) is 1.78.